The minimum Gasteiger partial charge on any atom is -0.474 e. The quantitative estimate of drug-likeness (QED) is 0.559. The molecule has 0 bridgehead atoms. The number of hydrogen-bond acceptors (Lipinski definition) is 5. The van der Waals surface area contributed by atoms with Gasteiger partial charge >= 0.3 is 0 Å². The maximum atomic E-state index is 12.3. The van der Waals surface area contributed by atoms with Crippen LogP contribution in [-0.2, 0) is 24.2 Å². The zero-order valence-electron chi connectivity index (χ0n) is 17.3. The highest BCUT2D eigenvalue weighted by Crippen LogP contribution is 2.25. The van der Waals surface area contributed by atoms with Crippen LogP contribution < -0.4 is 10.1 Å². The third-order valence-electron chi connectivity index (χ3n) is 5.38. The number of ether oxygens (including phenoxy) is 1. The second kappa shape index (κ2) is 9.85. The van der Waals surface area contributed by atoms with Gasteiger partial charge in [-0.2, -0.15) is 0 Å². The average Bonchev–Trinajstić information content (AvgIpc) is 3.46. The molecule has 0 saturated heterocycles. The molecule has 4 rings (SSSR count). The average molecular weight is 422 g/mol. The van der Waals surface area contributed by atoms with Gasteiger partial charge in [0, 0.05) is 29.8 Å². The molecule has 0 spiro atoms. The molecule has 0 unspecified atom stereocenters. The molecular weight excluding hydrogens is 394 g/mol. The molecule has 1 amide bonds. The van der Waals surface area contributed by atoms with Crippen molar-refractivity contribution in [2.24, 2.45) is 0 Å². The Hall–Kier alpha value is -2.73. The summed E-state index contributed by atoms with van der Waals surface area (Å²) >= 11 is 1.57. The number of rotatable bonds is 8. The Balaban J connectivity index is 1.26. The molecule has 0 aliphatic heterocycles. The Morgan fingerprint density at radius 2 is 1.90 bits per heavy atom. The van der Waals surface area contributed by atoms with Crippen molar-refractivity contribution in [3.63, 3.8) is 0 Å². The number of hydrogen-bond donors (Lipinski definition) is 1. The van der Waals surface area contributed by atoms with E-state index >= 15 is 0 Å². The van der Waals surface area contributed by atoms with E-state index in [0.717, 1.165) is 41.1 Å². The van der Waals surface area contributed by atoms with Crippen LogP contribution in [0.1, 0.15) is 49.4 Å². The van der Waals surface area contributed by atoms with Gasteiger partial charge in [-0.1, -0.05) is 37.3 Å². The molecule has 3 aromatic rings. The summed E-state index contributed by atoms with van der Waals surface area (Å²) in [6, 6.07) is 12.3. The number of aryl methyl sites for hydroxylation is 1. The number of benzene rings is 1. The van der Waals surface area contributed by atoms with Gasteiger partial charge in [0.1, 0.15) is 11.1 Å². The Kier molecular flexibility index (Phi) is 6.74. The third-order valence-corrected chi connectivity index (χ3v) is 6.32. The monoisotopic (exact) mass is 421 g/mol. The summed E-state index contributed by atoms with van der Waals surface area (Å²) in [5.41, 5.74) is 4.15. The second-order valence-electron chi connectivity index (χ2n) is 7.68. The summed E-state index contributed by atoms with van der Waals surface area (Å²) in [6.45, 7) is 2.59. The smallest absolute Gasteiger partial charge is 0.226 e. The van der Waals surface area contributed by atoms with Gasteiger partial charge < -0.3 is 10.1 Å². The molecule has 1 aliphatic carbocycles. The number of carbonyl (C=O) groups excluding carboxylic acids is 1. The Morgan fingerprint density at radius 3 is 2.60 bits per heavy atom. The predicted octanol–water partition coefficient (Wildman–Crippen LogP) is 4.95. The zero-order chi connectivity index (χ0) is 20.8. The molecule has 1 N–H and O–H groups in total. The van der Waals surface area contributed by atoms with Crippen molar-refractivity contribution in [1.29, 1.82) is 0 Å². The highest BCUT2D eigenvalue weighted by Gasteiger charge is 2.17. The largest absolute Gasteiger partial charge is 0.474 e. The SMILES string of the molecule is CCc1ccc(-c2nc(CC(=O)NCc3ccc(OC4CCCC4)nc3)cs2)cc1. The van der Waals surface area contributed by atoms with E-state index in [9.17, 15) is 4.79 Å². The molecule has 2 aromatic heterocycles. The molecule has 1 aliphatic rings. The van der Waals surface area contributed by atoms with Crippen molar-refractivity contribution in [2.45, 2.75) is 58.1 Å². The molecule has 1 aromatic carbocycles. The van der Waals surface area contributed by atoms with E-state index in [4.69, 9.17) is 4.74 Å². The maximum Gasteiger partial charge on any atom is 0.226 e. The van der Waals surface area contributed by atoms with Gasteiger partial charge in [-0.05, 0) is 43.2 Å². The standard InChI is InChI=1S/C24H27N3O2S/c1-2-17-7-10-19(11-8-17)24-27-20(16-30-24)13-22(28)25-14-18-9-12-23(26-15-18)29-21-5-3-4-6-21/h7-12,15-16,21H,2-6,13-14H2,1H3,(H,25,28). The van der Waals surface area contributed by atoms with Gasteiger partial charge in [0.05, 0.1) is 12.1 Å². The van der Waals surface area contributed by atoms with Gasteiger partial charge in [0.2, 0.25) is 11.8 Å². The van der Waals surface area contributed by atoms with Crippen LogP contribution in [0.3, 0.4) is 0 Å². The van der Waals surface area contributed by atoms with Gasteiger partial charge in [-0.25, -0.2) is 9.97 Å². The summed E-state index contributed by atoms with van der Waals surface area (Å²) in [5.74, 6) is 0.624. The molecule has 0 atom stereocenters. The lowest BCUT2D eigenvalue weighted by atomic mass is 10.1. The Labute approximate surface area is 181 Å². The number of thiazole rings is 1. The number of nitrogens with zero attached hydrogens (tertiary/aromatic N) is 2. The molecule has 6 heteroatoms. The molecule has 1 fully saturated rings. The van der Waals surface area contributed by atoms with Crippen LogP contribution in [0.25, 0.3) is 10.6 Å². The van der Waals surface area contributed by atoms with E-state index < -0.39 is 0 Å². The van der Waals surface area contributed by atoms with Crippen LogP contribution in [0.15, 0.2) is 48.0 Å². The van der Waals surface area contributed by atoms with E-state index in [1.807, 2.05) is 17.5 Å². The number of pyridine rings is 1. The fraction of sp³-hybridized carbons (Fsp3) is 0.375. The van der Waals surface area contributed by atoms with E-state index in [1.54, 1.807) is 17.5 Å². The molecule has 0 radical (unpaired) electrons. The van der Waals surface area contributed by atoms with Gasteiger partial charge in [0.15, 0.2) is 0 Å². The Bertz CT molecular complexity index is 961. The van der Waals surface area contributed by atoms with Crippen molar-refractivity contribution in [3.05, 3.63) is 64.8 Å². The highest BCUT2D eigenvalue weighted by atomic mass is 32.1. The first-order valence-corrected chi connectivity index (χ1v) is 11.5. The predicted molar refractivity (Wildman–Crippen MR) is 120 cm³/mol. The minimum atomic E-state index is -0.0422. The topological polar surface area (TPSA) is 64.1 Å². The summed E-state index contributed by atoms with van der Waals surface area (Å²) < 4.78 is 5.88. The van der Waals surface area contributed by atoms with Gasteiger partial charge in [0.25, 0.3) is 0 Å². The number of carbonyl (C=O) groups is 1. The van der Waals surface area contributed by atoms with Crippen molar-refractivity contribution in [2.75, 3.05) is 0 Å². The first-order chi connectivity index (χ1) is 14.7. The summed E-state index contributed by atoms with van der Waals surface area (Å²) in [5, 5.41) is 5.85. The first kappa shape index (κ1) is 20.5. The molecule has 2 heterocycles. The number of amides is 1. The van der Waals surface area contributed by atoms with E-state index in [2.05, 4.69) is 46.5 Å². The van der Waals surface area contributed by atoms with Gasteiger partial charge in [-0.15, -0.1) is 11.3 Å². The molecular formula is C24H27N3O2S. The Morgan fingerprint density at radius 1 is 1.13 bits per heavy atom. The zero-order valence-corrected chi connectivity index (χ0v) is 18.1. The maximum absolute atomic E-state index is 12.3. The van der Waals surface area contributed by atoms with Crippen LogP contribution in [-0.4, -0.2) is 22.0 Å². The van der Waals surface area contributed by atoms with Crippen LogP contribution in [0, 0.1) is 0 Å². The first-order valence-electron chi connectivity index (χ1n) is 10.6. The highest BCUT2D eigenvalue weighted by molar-refractivity contribution is 7.13. The fourth-order valence-electron chi connectivity index (χ4n) is 3.59. The van der Waals surface area contributed by atoms with Crippen molar-refractivity contribution < 1.29 is 9.53 Å². The fourth-order valence-corrected chi connectivity index (χ4v) is 4.42. The lowest BCUT2D eigenvalue weighted by Crippen LogP contribution is -2.24. The van der Waals surface area contributed by atoms with E-state index in [1.165, 1.54) is 18.4 Å². The van der Waals surface area contributed by atoms with Crippen LogP contribution in [0.4, 0.5) is 0 Å². The third kappa shape index (κ3) is 5.45. The molecule has 30 heavy (non-hydrogen) atoms. The second-order valence-corrected chi connectivity index (χ2v) is 8.54. The van der Waals surface area contributed by atoms with Crippen molar-refractivity contribution in [1.82, 2.24) is 15.3 Å². The molecule has 1 saturated carbocycles. The number of nitrogens with one attached hydrogen (secondary N) is 1. The van der Waals surface area contributed by atoms with Gasteiger partial charge in [-0.3, -0.25) is 4.79 Å². The van der Waals surface area contributed by atoms with Crippen molar-refractivity contribution in [3.8, 4) is 16.5 Å². The van der Waals surface area contributed by atoms with Crippen LogP contribution >= 0.6 is 11.3 Å². The summed E-state index contributed by atoms with van der Waals surface area (Å²) in [7, 11) is 0. The van der Waals surface area contributed by atoms with Crippen molar-refractivity contribution >= 4 is 17.2 Å². The lowest BCUT2D eigenvalue weighted by Gasteiger charge is -2.12. The minimum absolute atomic E-state index is 0.0422. The normalized spacial score (nSPS) is 14.0. The van der Waals surface area contributed by atoms with Crippen LogP contribution in [0.5, 0.6) is 5.88 Å². The summed E-state index contributed by atoms with van der Waals surface area (Å²) in [4.78, 5) is 21.3. The molecule has 156 valence electrons. The van der Waals surface area contributed by atoms with E-state index in [0.29, 0.717) is 18.5 Å². The van der Waals surface area contributed by atoms with E-state index in [-0.39, 0.29) is 12.3 Å². The lowest BCUT2D eigenvalue weighted by molar-refractivity contribution is -0.120. The molecule has 5 nitrogen and oxygen atoms in total. The van der Waals surface area contributed by atoms with Crippen LogP contribution in [0.2, 0.25) is 0 Å². The number of aromatic nitrogens is 2. The summed E-state index contributed by atoms with van der Waals surface area (Å²) in [6.07, 6.45) is 8.07.